The molecule has 146 valence electrons. The van der Waals surface area contributed by atoms with Crippen molar-refractivity contribution >= 4 is 34.3 Å². The molecular formula is C22H25N3O2S. The number of thioether (sulfide) groups is 1. The van der Waals surface area contributed by atoms with Crippen molar-refractivity contribution in [2.24, 2.45) is 0 Å². The third-order valence-electron chi connectivity index (χ3n) is 4.53. The van der Waals surface area contributed by atoms with E-state index in [1.54, 1.807) is 15.5 Å². The van der Waals surface area contributed by atoms with E-state index in [4.69, 9.17) is 0 Å². The SMILES string of the molecule is CCCn1c(SCC(=O)N(CC)c2cccc(C)c2)nc2ccccc2c1=O. The average Bonchev–Trinajstić information content (AvgIpc) is 2.69. The molecule has 0 fully saturated rings. The highest BCUT2D eigenvalue weighted by atomic mass is 32.2. The molecule has 0 N–H and O–H groups in total. The van der Waals surface area contributed by atoms with Crippen LogP contribution in [0.2, 0.25) is 0 Å². The zero-order valence-electron chi connectivity index (χ0n) is 16.5. The summed E-state index contributed by atoms with van der Waals surface area (Å²) in [6.45, 7) is 7.18. The van der Waals surface area contributed by atoms with E-state index in [0.717, 1.165) is 17.7 Å². The monoisotopic (exact) mass is 395 g/mol. The van der Waals surface area contributed by atoms with E-state index in [0.29, 0.717) is 29.1 Å². The van der Waals surface area contributed by atoms with Crippen molar-refractivity contribution in [1.82, 2.24) is 9.55 Å². The number of benzene rings is 2. The van der Waals surface area contributed by atoms with Crippen LogP contribution in [0.1, 0.15) is 25.8 Å². The van der Waals surface area contributed by atoms with Crippen molar-refractivity contribution in [1.29, 1.82) is 0 Å². The van der Waals surface area contributed by atoms with Gasteiger partial charge in [0.15, 0.2) is 5.16 Å². The minimum Gasteiger partial charge on any atom is -0.312 e. The summed E-state index contributed by atoms with van der Waals surface area (Å²) in [7, 11) is 0. The van der Waals surface area contributed by atoms with Crippen LogP contribution in [-0.4, -0.2) is 27.8 Å². The molecule has 0 aliphatic heterocycles. The maximum atomic E-state index is 12.9. The Balaban J connectivity index is 1.86. The highest BCUT2D eigenvalue weighted by Gasteiger charge is 2.17. The lowest BCUT2D eigenvalue weighted by Gasteiger charge is -2.21. The predicted molar refractivity (Wildman–Crippen MR) is 116 cm³/mol. The van der Waals surface area contributed by atoms with Crippen LogP contribution in [0.3, 0.4) is 0 Å². The second kappa shape index (κ2) is 9.06. The highest BCUT2D eigenvalue weighted by Crippen LogP contribution is 2.21. The van der Waals surface area contributed by atoms with Gasteiger partial charge in [0.2, 0.25) is 5.91 Å². The molecule has 0 saturated heterocycles. The minimum atomic E-state index is -0.0477. The van der Waals surface area contributed by atoms with E-state index >= 15 is 0 Å². The van der Waals surface area contributed by atoms with E-state index in [1.165, 1.54) is 11.8 Å². The lowest BCUT2D eigenvalue weighted by Crippen LogP contribution is -2.32. The van der Waals surface area contributed by atoms with E-state index in [-0.39, 0.29) is 17.2 Å². The molecule has 3 aromatic rings. The third kappa shape index (κ3) is 4.28. The lowest BCUT2D eigenvalue weighted by molar-refractivity contribution is -0.116. The summed E-state index contributed by atoms with van der Waals surface area (Å²) in [5.74, 6) is 0.236. The number of aryl methyl sites for hydroxylation is 1. The molecule has 1 heterocycles. The number of hydrogen-bond donors (Lipinski definition) is 0. The normalized spacial score (nSPS) is 11.0. The van der Waals surface area contributed by atoms with Gasteiger partial charge in [-0.2, -0.15) is 0 Å². The molecule has 0 aliphatic carbocycles. The molecule has 28 heavy (non-hydrogen) atoms. The van der Waals surface area contributed by atoms with Gasteiger partial charge in [-0.25, -0.2) is 4.98 Å². The van der Waals surface area contributed by atoms with E-state index in [2.05, 4.69) is 4.98 Å². The fraction of sp³-hybridized carbons (Fsp3) is 0.318. The minimum absolute atomic E-state index is 0.00329. The van der Waals surface area contributed by atoms with Gasteiger partial charge in [0, 0.05) is 18.8 Å². The maximum absolute atomic E-state index is 12.9. The van der Waals surface area contributed by atoms with Gasteiger partial charge in [0.1, 0.15) is 0 Å². The first-order valence-corrected chi connectivity index (χ1v) is 10.5. The molecule has 1 aromatic heterocycles. The molecule has 3 rings (SSSR count). The molecule has 0 unspecified atom stereocenters. The van der Waals surface area contributed by atoms with Gasteiger partial charge >= 0.3 is 0 Å². The van der Waals surface area contributed by atoms with Crippen LogP contribution < -0.4 is 10.5 Å². The second-order valence-corrected chi connectivity index (χ2v) is 7.58. The first kappa shape index (κ1) is 20.1. The molecule has 6 heteroatoms. The fourth-order valence-electron chi connectivity index (χ4n) is 3.18. The Bertz CT molecular complexity index is 1050. The summed E-state index contributed by atoms with van der Waals surface area (Å²) < 4.78 is 1.68. The Labute approximate surface area is 169 Å². The average molecular weight is 396 g/mol. The van der Waals surface area contributed by atoms with Crippen molar-refractivity contribution in [3.8, 4) is 0 Å². The van der Waals surface area contributed by atoms with Gasteiger partial charge < -0.3 is 4.90 Å². The van der Waals surface area contributed by atoms with Crippen molar-refractivity contribution in [2.75, 3.05) is 17.2 Å². The topological polar surface area (TPSA) is 55.2 Å². The summed E-state index contributed by atoms with van der Waals surface area (Å²) in [5, 5.41) is 1.21. The van der Waals surface area contributed by atoms with E-state index in [1.807, 2.05) is 63.2 Å². The van der Waals surface area contributed by atoms with Gasteiger partial charge in [-0.3, -0.25) is 14.2 Å². The maximum Gasteiger partial charge on any atom is 0.262 e. The zero-order valence-corrected chi connectivity index (χ0v) is 17.3. The van der Waals surface area contributed by atoms with Crippen LogP contribution in [0.15, 0.2) is 58.5 Å². The van der Waals surface area contributed by atoms with Gasteiger partial charge in [-0.1, -0.05) is 43.0 Å². The summed E-state index contributed by atoms with van der Waals surface area (Å²) in [6.07, 6.45) is 0.825. The number of carbonyl (C=O) groups is 1. The Morgan fingerprint density at radius 1 is 1.14 bits per heavy atom. The van der Waals surface area contributed by atoms with Crippen molar-refractivity contribution in [3.05, 3.63) is 64.4 Å². The molecule has 5 nitrogen and oxygen atoms in total. The van der Waals surface area contributed by atoms with Crippen molar-refractivity contribution in [2.45, 2.75) is 38.9 Å². The number of hydrogen-bond acceptors (Lipinski definition) is 4. The first-order valence-electron chi connectivity index (χ1n) is 9.54. The Morgan fingerprint density at radius 3 is 2.64 bits per heavy atom. The molecule has 0 saturated carbocycles. The fourth-order valence-corrected chi connectivity index (χ4v) is 4.08. The van der Waals surface area contributed by atoms with Gasteiger partial charge in [-0.15, -0.1) is 0 Å². The smallest absolute Gasteiger partial charge is 0.262 e. The number of rotatable bonds is 7. The van der Waals surface area contributed by atoms with E-state index in [9.17, 15) is 9.59 Å². The van der Waals surface area contributed by atoms with Crippen molar-refractivity contribution < 1.29 is 4.79 Å². The van der Waals surface area contributed by atoms with Gasteiger partial charge in [0.05, 0.1) is 16.7 Å². The summed E-state index contributed by atoms with van der Waals surface area (Å²) in [6, 6.07) is 15.3. The van der Waals surface area contributed by atoms with Crippen LogP contribution in [-0.2, 0) is 11.3 Å². The molecule has 0 aliphatic rings. The summed E-state index contributed by atoms with van der Waals surface area (Å²) >= 11 is 1.33. The van der Waals surface area contributed by atoms with Gasteiger partial charge in [0.25, 0.3) is 5.56 Å². The van der Waals surface area contributed by atoms with Crippen LogP contribution in [0.25, 0.3) is 10.9 Å². The molecule has 0 radical (unpaired) electrons. The highest BCUT2D eigenvalue weighted by molar-refractivity contribution is 7.99. The number of amides is 1. The number of para-hydroxylation sites is 1. The van der Waals surface area contributed by atoms with Crippen LogP contribution in [0.4, 0.5) is 5.69 Å². The van der Waals surface area contributed by atoms with Gasteiger partial charge in [-0.05, 0) is 50.1 Å². The quantitative estimate of drug-likeness (QED) is 0.443. The molecule has 2 aromatic carbocycles. The number of fused-ring (bicyclic) bond motifs is 1. The molecular weight excluding hydrogens is 370 g/mol. The number of aromatic nitrogens is 2. The standard InChI is InChI=1S/C22H25N3O2S/c1-4-13-25-21(27)18-11-6-7-12-19(18)23-22(25)28-15-20(26)24(5-2)17-10-8-9-16(3)14-17/h6-12,14H,4-5,13,15H2,1-3H3. The lowest BCUT2D eigenvalue weighted by atomic mass is 10.2. The van der Waals surface area contributed by atoms with Crippen LogP contribution in [0.5, 0.6) is 0 Å². The molecule has 1 amide bonds. The number of carbonyl (C=O) groups excluding carboxylic acids is 1. The largest absolute Gasteiger partial charge is 0.312 e. The molecule has 0 bridgehead atoms. The van der Waals surface area contributed by atoms with Crippen molar-refractivity contribution in [3.63, 3.8) is 0 Å². The third-order valence-corrected chi connectivity index (χ3v) is 5.49. The first-order chi connectivity index (χ1) is 13.5. The molecule has 0 spiro atoms. The summed E-state index contributed by atoms with van der Waals surface area (Å²) in [5.41, 5.74) is 2.63. The molecule has 0 atom stereocenters. The van der Waals surface area contributed by atoms with Crippen LogP contribution >= 0.6 is 11.8 Å². The zero-order chi connectivity index (χ0) is 20.1. The summed E-state index contributed by atoms with van der Waals surface area (Å²) in [4.78, 5) is 32.1. The Hall–Kier alpha value is -2.60. The Kier molecular flexibility index (Phi) is 6.52. The Morgan fingerprint density at radius 2 is 1.93 bits per heavy atom. The second-order valence-electron chi connectivity index (χ2n) is 6.63. The number of nitrogens with zero attached hydrogens (tertiary/aromatic N) is 3. The predicted octanol–water partition coefficient (Wildman–Crippen LogP) is 4.26. The van der Waals surface area contributed by atoms with E-state index < -0.39 is 0 Å². The van der Waals surface area contributed by atoms with Crippen LogP contribution in [0, 0.1) is 6.92 Å². The number of anilines is 1.